The van der Waals surface area contributed by atoms with Gasteiger partial charge in [-0.25, -0.2) is 0 Å². The van der Waals surface area contributed by atoms with Crippen molar-refractivity contribution >= 4 is 29.1 Å². The van der Waals surface area contributed by atoms with Crippen molar-refractivity contribution in [2.75, 3.05) is 38.1 Å². The lowest BCUT2D eigenvalue weighted by Gasteiger charge is -2.20. The number of hydrogen-bond acceptors (Lipinski definition) is 6. The average molecular weight is 456 g/mol. The molecule has 0 spiro atoms. The lowest BCUT2D eigenvalue weighted by atomic mass is 10.1. The molecule has 2 aromatic carbocycles. The van der Waals surface area contributed by atoms with Crippen LogP contribution in [-0.2, 0) is 9.59 Å². The van der Waals surface area contributed by atoms with E-state index in [1.165, 1.54) is 26.2 Å². The minimum Gasteiger partial charge on any atom is -0.493 e. The van der Waals surface area contributed by atoms with E-state index in [0.29, 0.717) is 34.2 Å². The number of ether oxygens (including phenoxy) is 3. The molecule has 1 aliphatic rings. The number of benzene rings is 2. The van der Waals surface area contributed by atoms with Gasteiger partial charge < -0.3 is 29.7 Å². The number of amides is 3. The lowest BCUT2D eigenvalue weighted by molar-refractivity contribution is -0.122. The van der Waals surface area contributed by atoms with Crippen LogP contribution in [0.25, 0.3) is 0 Å². The first kappa shape index (κ1) is 23.9. The van der Waals surface area contributed by atoms with E-state index in [9.17, 15) is 14.4 Å². The van der Waals surface area contributed by atoms with Crippen molar-refractivity contribution in [3.63, 3.8) is 0 Å². The lowest BCUT2D eigenvalue weighted by Crippen LogP contribution is -2.32. The standard InChI is InChI=1S/C24H29N3O6/c1-14(2)25-24(30)17-8-6-7-9-18(17)26-23(29)15-10-21(28)27(13-15)16-11-19(31-3)22(33-5)20(12-16)32-4/h6-9,11-12,14-15H,10,13H2,1-5H3,(H,25,30)(H,26,29). The molecule has 0 aromatic heterocycles. The Labute approximate surface area is 193 Å². The minimum atomic E-state index is -0.585. The van der Waals surface area contributed by atoms with Gasteiger partial charge in [-0.05, 0) is 26.0 Å². The van der Waals surface area contributed by atoms with Crippen LogP contribution in [0.1, 0.15) is 30.6 Å². The largest absolute Gasteiger partial charge is 0.493 e. The van der Waals surface area contributed by atoms with E-state index < -0.39 is 5.92 Å². The van der Waals surface area contributed by atoms with E-state index in [0.717, 1.165) is 0 Å². The average Bonchev–Trinajstić information content (AvgIpc) is 3.19. The molecular weight excluding hydrogens is 426 g/mol. The summed E-state index contributed by atoms with van der Waals surface area (Å²) in [5.74, 6) is -0.144. The molecule has 1 unspecified atom stereocenters. The summed E-state index contributed by atoms with van der Waals surface area (Å²) in [4.78, 5) is 39.8. The number of nitrogens with zero attached hydrogens (tertiary/aromatic N) is 1. The first-order valence-electron chi connectivity index (χ1n) is 10.6. The fraction of sp³-hybridized carbons (Fsp3) is 0.375. The predicted octanol–water partition coefficient (Wildman–Crippen LogP) is 2.84. The fourth-order valence-electron chi connectivity index (χ4n) is 3.72. The Balaban J connectivity index is 1.79. The summed E-state index contributed by atoms with van der Waals surface area (Å²) in [6.45, 7) is 3.91. The Kier molecular flexibility index (Phi) is 7.42. The number of rotatable bonds is 8. The molecule has 0 bridgehead atoms. The number of methoxy groups -OCH3 is 3. The summed E-state index contributed by atoms with van der Waals surface area (Å²) in [6, 6.07) is 10.1. The van der Waals surface area contributed by atoms with Gasteiger partial charge in [0.1, 0.15) is 0 Å². The van der Waals surface area contributed by atoms with Crippen molar-refractivity contribution in [3.05, 3.63) is 42.0 Å². The molecule has 1 fully saturated rings. The zero-order valence-corrected chi connectivity index (χ0v) is 19.4. The van der Waals surface area contributed by atoms with E-state index >= 15 is 0 Å². The van der Waals surface area contributed by atoms with Crippen LogP contribution in [-0.4, -0.2) is 51.6 Å². The number of para-hydroxylation sites is 1. The van der Waals surface area contributed by atoms with Crippen molar-refractivity contribution in [1.29, 1.82) is 0 Å². The molecule has 3 rings (SSSR count). The molecule has 1 atom stereocenters. The second kappa shape index (κ2) is 10.2. The van der Waals surface area contributed by atoms with Crippen LogP contribution in [0, 0.1) is 5.92 Å². The maximum atomic E-state index is 13.0. The van der Waals surface area contributed by atoms with Gasteiger partial charge in [-0.2, -0.15) is 0 Å². The maximum absolute atomic E-state index is 13.0. The van der Waals surface area contributed by atoms with Crippen LogP contribution in [0.5, 0.6) is 17.2 Å². The van der Waals surface area contributed by atoms with Crippen molar-refractivity contribution < 1.29 is 28.6 Å². The molecule has 2 aromatic rings. The van der Waals surface area contributed by atoms with E-state index in [2.05, 4.69) is 10.6 Å². The smallest absolute Gasteiger partial charge is 0.253 e. The molecule has 0 aliphatic carbocycles. The summed E-state index contributed by atoms with van der Waals surface area (Å²) >= 11 is 0. The van der Waals surface area contributed by atoms with Gasteiger partial charge in [0, 0.05) is 31.1 Å². The first-order valence-corrected chi connectivity index (χ1v) is 10.6. The van der Waals surface area contributed by atoms with Gasteiger partial charge >= 0.3 is 0 Å². The zero-order chi connectivity index (χ0) is 24.1. The monoisotopic (exact) mass is 455 g/mol. The molecule has 0 saturated carbocycles. The Bertz CT molecular complexity index is 1030. The van der Waals surface area contributed by atoms with Gasteiger partial charge in [0.05, 0.1) is 44.2 Å². The van der Waals surface area contributed by atoms with Gasteiger partial charge in [-0.15, -0.1) is 0 Å². The Morgan fingerprint density at radius 2 is 1.67 bits per heavy atom. The van der Waals surface area contributed by atoms with Gasteiger partial charge in [-0.1, -0.05) is 12.1 Å². The molecule has 2 N–H and O–H groups in total. The predicted molar refractivity (Wildman–Crippen MR) is 124 cm³/mol. The number of hydrogen-bond donors (Lipinski definition) is 2. The molecule has 9 heteroatoms. The molecule has 33 heavy (non-hydrogen) atoms. The highest BCUT2D eigenvalue weighted by Gasteiger charge is 2.36. The third-order valence-electron chi connectivity index (χ3n) is 5.31. The number of carbonyl (C=O) groups is 3. The highest BCUT2D eigenvalue weighted by molar-refractivity contribution is 6.07. The third kappa shape index (κ3) is 5.19. The van der Waals surface area contributed by atoms with Gasteiger partial charge in [0.25, 0.3) is 5.91 Å². The van der Waals surface area contributed by atoms with Crippen molar-refractivity contribution in [2.24, 2.45) is 5.92 Å². The quantitative estimate of drug-likeness (QED) is 0.634. The Hall–Kier alpha value is -3.75. The van der Waals surface area contributed by atoms with Crippen molar-refractivity contribution in [3.8, 4) is 17.2 Å². The SMILES string of the molecule is COc1cc(N2CC(C(=O)Nc3ccccc3C(=O)NC(C)C)CC2=O)cc(OC)c1OC. The maximum Gasteiger partial charge on any atom is 0.253 e. The van der Waals surface area contributed by atoms with Crippen molar-refractivity contribution in [2.45, 2.75) is 26.3 Å². The molecule has 1 saturated heterocycles. The highest BCUT2D eigenvalue weighted by atomic mass is 16.5. The Morgan fingerprint density at radius 3 is 2.24 bits per heavy atom. The highest BCUT2D eigenvalue weighted by Crippen LogP contribution is 2.42. The van der Waals surface area contributed by atoms with E-state index in [1.807, 2.05) is 13.8 Å². The van der Waals surface area contributed by atoms with Crippen LogP contribution >= 0.6 is 0 Å². The van der Waals surface area contributed by atoms with E-state index in [1.54, 1.807) is 36.4 Å². The zero-order valence-electron chi connectivity index (χ0n) is 19.4. The van der Waals surface area contributed by atoms with E-state index in [4.69, 9.17) is 14.2 Å². The fourth-order valence-corrected chi connectivity index (χ4v) is 3.72. The molecular formula is C24H29N3O6. The summed E-state index contributed by atoms with van der Waals surface area (Å²) in [5.41, 5.74) is 1.31. The molecule has 176 valence electrons. The molecule has 0 radical (unpaired) electrons. The normalized spacial score (nSPS) is 15.4. The third-order valence-corrected chi connectivity index (χ3v) is 5.31. The van der Waals surface area contributed by atoms with Gasteiger partial charge in [-0.3, -0.25) is 14.4 Å². The molecule has 3 amide bonds. The van der Waals surface area contributed by atoms with Crippen LogP contribution in [0.2, 0.25) is 0 Å². The summed E-state index contributed by atoms with van der Waals surface area (Å²) in [6.07, 6.45) is 0.0445. The van der Waals surface area contributed by atoms with Crippen LogP contribution in [0.15, 0.2) is 36.4 Å². The summed E-state index contributed by atoms with van der Waals surface area (Å²) in [5, 5.41) is 5.64. The molecule has 1 aliphatic heterocycles. The first-order chi connectivity index (χ1) is 15.8. The molecule has 9 nitrogen and oxygen atoms in total. The number of carbonyl (C=O) groups excluding carboxylic acids is 3. The number of anilines is 2. The second-order valence-electron chi connectivity index (χ2n) is 7.95. The Morgan fingerprint density at radius 1 is 1.03 bits per heavy atom. The summed E-state index contributed by atoms with van der Waals surface area (Å²) < 4.78 is 16.1. The van der Waals surface area contributed by atoms with Crippen LogP contribution in [0.4, 0.5) is 11.4 Å². The van der Waals surface area contributed by atoms with Crippen LogP contribution in [0.3, 0.4) is 0 Å². The number of nitrogens with one attached hydrogen (secondary N) is 2. The van der Waals surface area contributed by atoms with Crippen LogP contribution < -0.4 is 29.7 Å². The van der Waals surface area contributed by atoms with Gasteiger partial charge in [0.2, 0.25) is 17.6 Å². The molecule has 1 heterocycles. The van der Waals surface area contributed by atoms with Gasteiger partial charge in [0.15, 0.2) is 11.5 Å². The van der Waals surface area contributed by atoms with E-state index in [-0.39, 0.29) is 36.7 Å². The summed E-state index contributed by atoms with van der Waals surface area (Å²) in [7, 11) is 4.49. The topological polar surface area (TPSA) is 106 Å². The van der Waals surface area contributed by atoms with Crippen molar-refractivity contribution in [1.82, 2.24) is 5.32 Å². The minimum absolute atomic E-state index is 0.0410. The second-order valence-corrected chi connectivity index (χ2v) is 7.95.